The fourth-order valence-corrected chi connectivity index (χ4v) is 3.79. The van der Waals surface area contributed by atoms with Crippen LogP contribution in [-0.4, -0.2) is 21.4 Å². The summed E-state index contributed by atoms with van der Waals surface area (Å²) in [6.07, 6.45) is 2.70. The lowest BCUT2D eigenvalue weighted by Gasteiger charge is -2.27. The van der Waals surface area contributed by atoms with Crippen LogP contribution >= 0.6 is 27.5 Å². The second-order valence-corrected chi connectivity index (χ2v) is 7.47. The Hall–Kier alpha value is -1.76. The predicted molar refractivity (Wildman–Crippen MR) is 99.8 cm³/mol. The number of fused-ring (bicyclic) bond motifs is 2. The highest BCUT2D eigenvalue weighted by atomic mass is 79.9. The molecule has 0 saturated carbocycles. The molecule has 0 saturated heterocycles. The van der Waals surface area contributed by atoms with Gasteiger partial charge in [0.25, 0.3) is 0 Å². The van der Waals surface area contributed by atoms with E-state index in [0.717, 1.165) is 39.9 Å². The Labute approximate surface area is 157 Å². The highest BCUT2D eigenvalue weighted by Crippen LogP contribution is 2.29. The van der Waals surface area contributed by atoms with Crippen LogP contribution in [0.15, 0.2) is 38.1 Å². The van der Waals surface area contributed by atoms with Crippen LogP contribution in [0.25, 0.3) is 11.0 Å². The molecule has 1 aliphatic rings. The van der Waals surface area contributed by atoms with Crippen LogP contribution in [0.3, 0.4) is 0 Å². The van der Waals surface area contributed by atoms with Crippen LogP contribution in [0.5, 0.6) is 0 Å². The average Bonchev–Trinajstić information content (AvgIpc) is 2.59. The minimum Gasteiger partial charge on any atom is -0.422 e. The van der Waals surface area contributed by atoms with Crippen molar-refractivity contribution >= 4 is 38.5 Å². The van der Waals surface area contributed by atoms with Gasteiger partial charge in [-0.15, -0.1) is 0 Å². The Morgan fingerprint density at radius 3 is 3.08 bits per heavy atom. The van der Waals surface area contributed by atoms with Gasteiger partial charge >= 0.3 is 5.63 Å². The van der Waals surface area contributed by atoms with Crippen molar-refractivity contribution in [3.8, 4) is 0 Å². The molecule has 25 heavy (non-hydrogen) atoms. The highest BCUT2D eigenvalue weighted by Gasteiger charge is 2.21. The summed E-state index contributed by atoms with van der Waals surface area (Å²) in [4.78, 5) is 23.3. The molecular weight excluding hydrogens is 406 g/mol. The van der Waals surface area contributed by atoms with E-state index in [4.69, 9.17) is 16.0 Å². The maximum atomic E-state index is 12.4. The maximum Gasteiger partial charge on any atom is 0.342 e. The van der Waals surface area contributed by atoms with E-state index < -0.39 is 0 Å². The number of hydrogen-bond acceptors (Lipinski definition) is 5. The Morgan fingerprint density at radius 1 is 1.40 bits per heavy atom. The molecule has 0 radical (unpaired) electrons. The van der Waals surface area contributed by atoms with E-state index in [1.165, 1.54) is 0 Å². The SMILES string of the molecule is Cc1ncc2c(n1)CCN(Cc1c(Cl)c3cc(Br)ccc3oc1=O)C2. The summed E-state index contributed by atoms with van der Waals surface area (Å²) in [5.74, 6) is 0.788. The molecule has 1 aliphatic heterocycles. The third kappa shape index (κ3) is 3.21. The van der Waals surface area contributed by atoms with Crippen molar-refractivity contribution in [3.05, 3.63) is 67.0 Å². The molecule has 0 N–H and O–H groups in total. The van der Waals surface area contributed by atoms with Crippen molar-refractivity contribution in [1.29, 1.82) is 0 Å². The lowest BCUT2D eigenvalue weighted by Crippen LogP contribution is -2.32. The van der Waals surface area contributed by atoms with Gasteiger partial charge < -0.3 is 4.42 Å². The van der Waals surface area contributed by atoms with Gasteiger partial charge in [-0.3, -0.25) is 4.90 Å². The molecule has 4 rings (SSSR count). The monoisotopic (exact) mass is 419 g/mol. The number of aromatic nitrogens is 2. The van der Waals surface area contributed by atoms with Gasteiger partial charge in [-0.1, -0.05) is 27.5 Å². The zero-order valence-corrected chi connectivity index (χ0v) is 15.9. The zero-order chi connectivity index (χ0) is 17.6. The second-order valence-electron chi connectivity index (χ2n) is 6.17. The van der Waals surface area contributed by atoms with E-state index in [2.05, 4.69) is 30.8 Å². The van der Waals surface area contributed by atoms with Crippen molar-refractivity contribution < 1.29 is 4.42 Å². The van der Waals surface area contributed by atoms with Gasteiger partial charge in [0.2, 0.25) is 0 Å². The molecule has 7 heteroatoms. The molecule has 0 aliphatic carbocycles. The molecule has 0 unspecified atom stereocenters. The molecule has 5 nitrogen and oxygen atoms in total. The average molecular weight is 421 g/mol. The maximum absolute atomic E-state index is 12.4. The minimum atomic E-state index is -0.384. The molecular formula is C18H15BrClN3O2. The van der Waals surface area contributed by atoms with Gasteiger partial charge in [0.05, 0.1) is 10.6 Å². The van der Waals surface area contributed by atoms with Crippen molar-refractivity contribution in [1.82, 2.24) is 14.9 Å². The highest BCUT2D eigenvalue weighted by molar-refractivity contribution is 9.10. The van der Waals surface area contributed by atoms with E-state index in [1.54, 1.807) is 6.07 Å². The van der Waals surface area contributed by atoms with Crippen LogP contribution in [-0.2, 0) is 19.5 Å². The molecule has 128 valence electrons. The number of hydrogen-bond donors (Lipinski definition) is 0. The van der Waals surface area contributed by atoms with Crippen molar-refractivity contribution in [2.75, 3.05) is 6.54 Å². The fraction of sp³-hybridized carbons (Fsp3) is 0.278. The Balaban J connectivity index is 1.67. The first-order valence-electron chi connectivity index (χ1n) is 7.96. The van der Waals surface area contributed by atoms with E-state index in [-0.39, 0.29) is 5.63 Å². The predicted octanol–water partition coefficient (Wildman–Crippen LogP) is 3.87. The summed E-state index contributed by atoms with van der Waals surface area (Å²) >= 11 is 9.96. The molecule has 0 spiro atoms. The van der Waals surface area contributed by atoms with Gasteiger partial charge in [-0.2, -0.15) is 0 Å². The summed E-state index contributed by atoms with van der Waals surface area (Å²) in [6, 6.07) is 5.43. The minimum absolute atomic E-state index is 0.384. The van der Waals surface area contributed by atoms with E-state index >= 15 is 0 Å². The van der Waals surface area contributed by atoms with Crippen LogP contribution < -0.4 is 5.63 Å². The van der Waals surface area contributed by atoms with Crippen LogP contribution in [0, 0.1) is 6.92 Å². The summed E-state index contributed by atoms with van der Waals surface area (Å²) in [7, 11) is 0. The molecule has 1 aromatic carbocycles. The number of halogens is 2. The smallest absolute Gasteiger partial charge is 0.342 e. The van der Waals surface area contributed by atoms with Crippen molar-refractivity contribution in [2.24, 2.45) is 0 Å². The fourth-order valence-electron chi connectivity index (χ4n) is 3.14. The number of nitrogens with zero attached hydrogens (tertiary/aromatic N) is 3. The van der Waals surface area contributed by atoms with E-state index in [0.29, 0.717) is 29.3 Å². The number of aryl methyl sites for hydroxylation is 1. The largest absolute Gasteiger partial charge is 0.422 e. The summed E-state index contributed by atoms with van der Waals surface area (Å²) < 4.78 is 6.33. The molecule has 3 aromatic rings. The first kappa shape index (κ1) is 16.7. The van der Waals surface area contributed by atoms with Gasteiger partial charge in [0.15, 0.2) is 0 Å². The van der Waals surface area contributed by atoms with Crippen molar-refractivity contribution in [2.45, 2.75) is 26.4 Å². The molecule has 0 atom stereocenters. The number of rotatable bonds is 2. The summed E-state index contributed by atoms with van der Waals surface area (Å²) in [5.41, 5.74) is 2.79. The zero-order valence-electron chi connectivity index (χ0n) is 13.6. The normalized spacial score (nSPS) is 14.7. The second kappa shape index (κ2) is 6.52. The Kier molecular flexibility index (Phi) is 4.35. The Morgan fingerprint density at radius 2 is 2.24 bits per heavy atom. The lowest BCUT2D eigenvalue weighted by molar-refractivity contribution is 0.239. The van der Waals surface area contributed by atoms with E-state index in [1.807, 2.05) is 25.3 Å². The molecule has 0 fully saturated rings. The van der Waals surface area contributed by atoms with Gasteiger partial charge in [-0.25, -0.2) is 14.8 Å². The third-order valence-corrected chi connectivity index (χ3v) is 5.33. The quantitative estimate of drug-likeness (QED) is 0.589. The van der Waals surface area contributed by atoms with Crippen LogP contribution in [0.1, 0.15) is 22.6 Å². The third-order valence-electron chi connectivity index (χ3n) is 4.41. The van der Waals surface area contributed by atoms with Crippen LogP contribution in [0.2, 0.25) is 5.02 Å². The molecule has 2 aromatic heterocycles. The van der Waals surface area contributed by atoms with Gasteiger partial charge in [0, 0.05) is 53.4 Å². The summed E-state index contributed by atoms with van der Waals surface area (Å²) in [6.45, 7) is 3.85. The van der Waals surface area contributed by atoms with Crippen molar-refractivity contribution in [3.63, 3.8) is 0 Å². The number of benzene rings is 1. The first-order chi connectivity index (χ1) is 12.0. The van der Waals surface area contributed by atoms with Gasteiger partial charge in [-0.05, 0) is 25.1 Å². The topological polar surface area (TPSA) is 59.2 Å². The van der Waals surface area contributed by atoms with E-state index in [9.17, 15) is 4.79 Å². The standard InChI is InChI=1S/C18H15BrClN3O2/c1-10-21-7-11-8-23(5-4-15(11)22-10)9-14-17(20)13-6-12(19)2-3-16(13)25-18(14)24/h2-3,6-7H,4-5,8-9H2,1H3. The Bertz CT molecular complexity index is 1030. The summed E-state index contributed by atoms with van der Waals surface area (Å²) in [5, 5.41) is 1.19. The molecule has 0 bridgehead atoms. The molecule has 3 heterocycles. The van der Waals surface area contributed by atoms with Gasteiger partial charge in [0.1, 0.15) is 11.4 Å². The first-order valence-corrected chi connectivity index (χ1v) is 9.13. The van der Waals surface area contributed by atoms with Crippen LogP contribution in [0.4, 0.5) is 0 Å². The molecule has 0 amide bonds. The lowest BCUT2D eigenvalue weighted by atomic mass is 10.1.